The molecule has 1 atom stereocenters. The third-order valence-corrected chi connectivity index (χ3v) is 3.81. The van der Waals surface area contributed by atoms with E-state index < -0.39 is 0 Å². The first kappa shape index (κ1) is 15.5. The highest BCUT2D eigenvalue weighted by Gasteiger charge is 2.29. The van der Waals surface area contributed by atoms with Crippen molar-refractivity contribution in [2.45, 2.75) is 33.3 Å². The van der Waals surface area contributed by atoms with E-state index in [9.17, 15) is 4.79 Å². The smallest absolute Gasteiger partial charge is 0.257 e. The quantitative estimate of drug-likeness (QED) is 0.907. The van der Waals surface area contributed by atoms with E-state index in [-0.39, 0.29) is 12.0 Å². The van der Waals surface area contributed by atoms with Gasteiger partial charge in [-0.3, -0.25) is 9.89 Å². The highest BCUT2D eigenvalue weighted by Crippen LogP contribution is 2.21. The molecule has 0 unspecified atom stereocenters. The normalized spacial score (nSPS) is 18.2. The van der Waals surface area contributed by atoms with Crippen LogP contribution in [-0.2, 0) is 11.2 Å². The molecule has 1 N–H and O–H groups in total. The first-order valence-corrected chi connectivity index (χ1v) is 7.70. The van der Waals surface area contributed by atoms with E-state index in [1.165, 1.54) is 0 Å². The standard InChI is InChI=1S/C15H20N6O2/c1-4-12-11(7-16-9(2)17-12)15(22)21-5-6-23-13(8-21)14-18-10(3)19-20-14/h7,13H,4-6,8H2,1-3H3,(H,18,19,20)/t13-/m0/s1. The van der Waals surface area contributed by atoms with Gasteiger partial charge in [0.2, 0.25) is 0 Å². The summed E-state index contributed by atoms with van der Waals surface area (Å²) in [6.07, 6.45) is 2.00. The molecule has 8 heteroatoms. The molecule has 23 heavy (non-hydrogen) atoms. The van der Waals surface area contributed by atoms with Crippen LogP contribution in [0.3, 0.4) is 0 Å². The third-order valence-electron chi connectivity index (χ3n) is 3.81. The Hall–Kier alpha value is -2.35. The van der Waals surface area contributed by atoms with Crippen LogP contribution in [0, 0.1) is 13.8 Å². The number of H-pyrrole nitrogens is 1. The number of hydrogen-bond donors (Lipinski definition) is 1. The number of ether oxygens (including phenoxy) is 1. The number of morpholine rings is 1. The Morgan fingerprint density at radius 1 is 1.43 bits per heavy atom. The molecule has 0 bridgehead atoms. The summed E-state index contributed by atoms with van der Waals surface area (Å²) < 4.78 is 5.70. The first-order valence-electron chi connectivity index (χ1n) is 7.70. The molecule has 1 aliphatic rings. The van der Waals surface area contributed by atoms with Crippen molar-refractivity contribution < 1.29 is 9.53 Å². The van der Waals surface area contributed by atoms with Crippen LogP contribution in [0.4, 0.5) is 0 Å². The van der Waals surface area contributed by atoms with Crippen molar-refractivity contribution >= 4 is 5.91 Å². The first-order chi connectivity index (χ1) is 11.1. The fourth-order valence-corrected chi connectivity index (χ4v) is 2.63. The van der Waals surface area contributed by atoms with Gasteiger partial charge in [-0.2, -0.15) is 5.10 Å². The predicted octanol–water partition coefficient (Wildman–Crippen LogP) is 0.988. The van der Waals surface area contributed by atoms with Gasteiger partial charge in [-0.15, -0.1) is 0 Å². The minimum atomic E-state index is -0.311. The number of amides is 1. The highest BCUT2D eigenvalue weighted by atomic mass is 16.5. The zero-order chi connectivity index (χ0) is 16.4. The SMILES string of the molecule is CCc1nc(C)ncc1C(=O)N1CCO[C@H](c2n[nH]c(C)n2)C1. The fraction of sp³-hybridized carbons (Fsp3) is 0.533. The predicted molar refractivity (Wildman–Crippen MR) is 81.9 cm³/mol. The van der Waals surface area contributed by atoms with Crippen LogP contribution >= 0.6 is 0 Å². The van der Waals surface area contributed by atoms with Gasteiger partial charge in [0.1, 0.15) is 17.8 Å². The number of nitrogens with one attached hydrogen (secondary N) is 1. The molecule has 0 aromatic carbocycles. The van der Waals surface area contributed by atoms with Crippen molar-refractivity contribution in [3.63, 3.8) is 0 Å². The molecule has 3 heterocycles. The molecule has 1 aliphatic heterocycles. The summed E-state index contributed by atoms with van der Waals surface area (Å²) in [5, 5.41) is 6.93. The van der Waals surface area contributed by atoms with Crippen LogP contribution in [0.25, 0.3) is 0 Å². The Kier molecular flexibility index (Phi) is 4.33. The second kappa shape index (κ2) is 6.41. The Labute approximate surface area is 134 Å². The number of aromatic amines is 1. The van der Waals surface area contributed by atoms with Gasteiger partial charge < -0.3 is 9.64 Å². The van der Waals surface area contributed by atoms with Gasteiger partial charge in [0.25, 0.3) is 5.91 Å². The summed E-state index contributed by atoms with van der Waals surface area (Å²) >= 11 is 0. The van der Waals surface area contributed by atoms with E-state index in [4.69, 9.17) is 4.74 Å². The second-order valence-corrected chi connectivity index (χ2v) is 5.52. The maximum absolute atomic E-state index is 12.8. The molecular formula is C15H20N6O2. The lowest BCUT2D eigenvalue weighted by molar-refractivity contribution is -0.0267. The summed E-state index contributed by atoms with van der Waals surface area (Å²) in [5.41, 5.74) is 1.34. The van der Waals surface area contributed by atoms with Gasteiger partial charge in [0, 0.05) is 12.7 Å². The Morgan fingerprint density at radius 3 is 2.96 bits per heavy atom. The molecule has 0 aliphatic carbocycles. The molecule has 1 amide bonds. The maximum atomic E-state index is 12.8. The molecular weight excluding hydrogens is 296 g/mol. The van der Waals surface area contributed by atoms with Crippen molar-refractivity contribution in [3.8, 4) is 0 Å². The van der Waals surface area contributed by atoms with Gasteiger partial charge in [-0.25, -0.2) is 15.0 Å². The Morgan fingerprint density at radius 2 is 2.26 bits per heavy atom. The van der Waals surface area contributed by atoms with Crippen molar-refractivity contribution in [1.29, 1.82) is 0 Å². The average Bonchev–Trinajstić information content (AvgIpc) is 3.01. The number of hydrogen-bond acceptors (Lipinski definition) is 6. The third kappa shape index (κ3) is 3.21. The summed E-state index contributed by atoms with van der Waals surface area (Å²) in [7, 11) is 0. The molecule has 122 valence electrons. The van der Waals surface area contributed by atoms with Gasteiger partial charge in [0.15, 0.2) is 5.82 Å². The molecule has 0 radical (unpaired) electrons. The monoisotopic (exact) mass is 316 g/mol. The number of rotatable bonds is 3. The van der Waals surface area contributed by atoms with Gasteiger partial charge in [-0.05, 0) is 20.3 Å². The minimum absolute atomic E-state index is 0.0672. The van der Waals surface area contributed by atoms with E-state index in [1.807, 2.05) is 20.8 Å². The number of aryl methyl sites for hydroxylation is 3. The van der Waals surface area contributed by atoms with Crippen LogP contribution in [0.15, 0.2) is 6.20 Å². The molecule has 0 spiro atoms. The Balaban J connectivity index is 1.79. The van der Waals surface area contributed by atoms with E-state index >= 15 is 0 Å². The molecule has 8 nitrogen and oxygen atoms in total. The van der Waals surface area contributed by atoms with Crippen LogP contribution in [-0.4, -0.2) is 55.7 Å². The van der Waals surface area contributed by atoms with Crippen molar-refractivity contribution in [3.05, 3.63) is 34.9 Å². The van der Waals surface area contributed by atoms with Crippen LogP contribution in [0.5, 0.6) is 0 Å². The van der Waals surface area contributed by atoms with E-state index in [2.05, 4.69) is 25.1 Å². The highest BCUT2D eigenvalue weighted by molar-refractivity contribution is 5.95. The summed E-state index contributed by atoms with van der Waals surface area (Å²) in [5.74, 6) is 1.92. The number of carbonyl (C=O) groups is 1. The summed E-state index contributed by atoms with van der Waals surface area (Å²) in [4.78, 5) is 27.4. The fourth-order valence-electron chi connectivity index (χ4n) is 2.63. The zero-order valence-electron chi connectivity index (χ0n) is 13.5. The topological polar surface area (TPSA) is 96.9 Å². The van der Waals surface area contributed by atoms with Crippen molar-refractivity contribution in [2.24, 2.45) is 0 Å². The van der Waals surface area contributed by atoms with Gasteiger partial charge in [-0.1, -0.05) is 6.92 Å². The van der Waals surface area contributed by atoms with Crippen molar-refractivity contribution in [1.82, 2.24) is 30.0 Å². The Bertz CT molecular complexity index is 714. The van der Waals surface area contributed by atoms with Crippen LogP contribution < -0.4 is 0 Å². The van der Waals surface area contributed by atoms with Gasteiger partial charge >= 0.3 is 0 Å². The zero-order valence-corrected chi connectivity index (χ0v) is 13.5. The summed E-state index contributed by atoms with van der Waals surface area (Å²) in [6.45, 7) is 7.06. The molecule has 1 fully saturated rings. The van der Waals surface area contributed by atoms with Crippen LogP contribution in [0.1, 0.15) is 46.6 Å². The molecule has 2 aromatic heterocycles. The van der Waals surface area contributed by atoms with Crippen molar-refractivity contribution in [2.75, 3.05) is 19.7 Å². The molecule has 2 aromatic rings. The minimum Gasteiger partial charge on any atom is -0.366 e. The largest absolute Gasteiger partial charge is 0.366 e. The van der Waals surface area contributed by atoms with Crippen LogP contribution in [0.2, 0.25) is 0 Å². The maximum Gasteiger partial charge on any atom is 0.257 e. The lowest BCUT2D eigenvalue weighted by atomic mass is 10.1. The summed E-state index contributed by atoms with van der Waals surface area (Å²) in [6, 6.07) is 0. The molecule has 1 saturated heterocycles. The lowest BCUT2D eigenvalue weighted by Crippen LogP contribution is -2.43. The second-order valence-electron chi connectivity index (χ2n) is 5.52. The number of nitrogens with zero attached hydrogens (tertiary/aromatic N) is 5. The molecule has 3 rings (SSSR count). The van der Waals surface area contributed by atoms with E-state index in [0.29, 0.717) is 43.3 Å². The average molecular weight is 316 g/mol. The number of carbonyl (C=O) groups excluding carboxylic acids is 1. The van der Waals surface area contributed by atoms with E-state index in [0.717, 1.165) is 11.5 Å². The van der Waals surface area contributed by atoms with E-state index in [1.54, 1.807) is 11.1 Å². The number of aromatic nitrogens is 5. The molecule has 0 saturated carbocycles. The van der Waals surface area contributed by atoms with Gasteiger partial charge in [0.05, 0.1) is 24.4 Å². The lowest BCUT2D eigenvalue weighted by Gasteiger charge is -2.31.